The fourth-order valence-electron chi connectivity index (χ4n) is 1.04. The van der Waals surface area contributed by atoms with Crippen LogP contribution in [0.3, 0.4) is 0 Å². The number of hydrogen-bond donors (Lipinski definition) is 2. The normalized spacial score (nSPS) is 9.53. The van der Waals surface area contributed by atoms with Crippen LogP contribution < -0.4 is 5.32 Å². The largest absolute Gasteiger partial charge is 0.363 e. The van der Waals surface area contributed by atoms with Crippen LogP contribution >= 0.6 is 0 Å². The van der Waals surface area contributed by atoms with Crippen LogP contribution in [-0.4, -0.2) is 19.9 Å². The van der Waals surface area contributed by atoms with E-state index in [2.05, 4.69) is 25.3 Å². The predicted octanol–water partition coefficient (Wildman–Crippen LogP) is 0.683. The fourth-order valence-corrected chi connectivity index (χ4v) is 1.04. The molecule has 0 spiro atoms. The van der Waals surface area contributed by atoms with Crippen LogP contribution in [0.5, 0.6) is 0 Å². The average Bonchev–Trinajstić information content (AvgIpc) is 2.80. The Morgan fingerprint density at radius 3 is 2.87 bits per heavy atom. The summed E-state index contributed by atoms with van der Waals surface area (Å²) in [5.74, 6) is 0.628. The first kappa shape index (κ1) is 9.15. The molecule has 6 nitrogen and oxygen atoms in total. The quantitative estimate of drug-likeness (QED) is 0.760. The molecule has 0 saturated heterocycles. The highest BCUT2D eigenvalue weighted by atomic mass is 15.0. The zero-order valence-corrected chi connectivity index (χ0v) is 7.81. The molecule has 74 valence electrons. The van der Waals surface area contributed by atoms with Gasteiger partial charge in [-0.25, -0.2) is 15.0 Å². The summed E-state index contributed by atoms with van der Waals surface area (Å²) in [5.41, 5.74) is 1.27. The monoisotopic (exact) mass is 200 g/mol. The van der Waals surface area contributed by atoms with Crippen molar-refractivity contribution in [3.63, 3.8) is 0 Å². The maximum atomic E-state index is 8.52. The standard InChI is InChI=1S/C9H8N6/c10-1-7-3-13-9(5-12-7)14-4-8-2-11-6-15-8/h2-3,5-6H,4H2,(H,11,15)(H,13,14). The van der Waals surface area contributed by atoms with Crippen LogP contribution in [-0.2, 0) is 6.54 Å². The maximum absolute atomic E-state index is 8.52. The van der Waals surface area contributed by atoms with Crippen molar-refractivity contribution in [2.75, 3.05) is 5.32 Å². The summed E-state index contributed by atoms with van der Waals surface area (Å²) in [5, 5.41) is 11.6. The van der Waals surface area contributed by atoms with Crippen LogP contribution in [0.25, 0.3) is 0 Å². The molecule has 2 rings (SSSR count). The van der Waals surface area contributed by atoms with Crippen molar-refractivity contribution in [2.45, 2.75) is 6.54 Å². The number of imidazole rings is 1. The molecule has 2 N–H and O–H groups in total. The van der Waals surface area contributed by atoms with E-state index in [9.17, 15) is 0 Å². The molecule has 0 aliphatic carbocycles. The van der Waals surface area contributed by atoms with E-state index < -0.39 is 0 Å². The van der Waals surface area contributed by atoms with Crippen molar-refractivity contribution in [1.82, 2.24) is 19.9 Å². The van der Waals surface area contributed by atoms with Gasteiger partial charge >= 0.3 is 0 Å². The minimum Gasteiger partial charge on any atom is -0.363 e. The number of H-pyrrole nitrogens is 1. The summed E-state index contributed by atoms with van der Waals surface area (Å²) < 4.78 is 0. The summed E-state index contributed by atoms with van der Waals surface area (Å²) in [7, 11) is 0. The van der Waals surface area contributed by atoms with E-state index >= 15 is 0 Å². The number of nitrogens with one attached hydrogen (secondary N) is 2. The summed E-state index contributed by atoms with van der Waals surface area (Å²) >= 11 is 0. The van der Waals surface area contributed by atoms with Gasteiger partial charge in [-0.1, -0.05) is 0 Å². The Labute approximate surface area is 86.0 Å². The van der Waals surface area contributed by atoms with E-state index in [1.807, 2.05) is 6.07 Å². The van der Waals surface area contributed by atoms with Crippen LogP contribution in [0, 0.1) is 11.3 Å². The first-order valence-electron chi connectivity index (χ1n) is 4.32. The van der Waals surface area contributed by atoms with Crippen LogP contribution in [0.4, 0.5) is 5.82 Å². The molecule has 0 aromatic carbocycles. The third-order valence-corrected chi connectivity index (χ3v) is 1.78. The van der Waals surface area contributed by atoms with Gasteiger partial charge in [0.05, 0.1) is 31.0 Å². The zero-order chi connectivity index (χ0) is 10.5. The number of nitrogens with zero attached hydrogens (tertiary/aromatic N) is 4. The number of anilines is 1. The molecule has 0 atom stereocenters. The lowest BCUT2D eigenvalue weighted by molar-refractivity contribution is 1.04. The molecule has 2 aromatic heterocycles. The molecule has 0 amide bonds. The maximum Gasteiger partial charge on any atom is 0.158 e. The molecule has 15 heavy (non-hydrogen) atoms. The van der Waals surface area contributed by atoms with Gasteiger partial charge in [-0.05, 0) is 0 Å². The Hall–Kier alpha value is -2.42. The molecule has 0 bridgehead atoms. The number of nitriles is 1. The first-order valence-corrected chi connectivity index (χ1v) is 4.32. The second-order valence-corrected chi connectivity index (χ2v) is 2.83. The van der Waals surface area contributed by atoms with E-state index in [1.165, 1.54) is 12.4 Å². The SMILES string of the molecule is N#Cc1cnc(NCc2cnc[nH]2)cn1. The van der Waals surface area contributed by atoms with Gasteiger partial charge < -0.3 is 10.3 Å². The summed E-state index contributed by atoms with van der Waals surface area (Å²) in [6.45, 7) is 0.598. The molecule has 2 heterocycles. The smallest absolute Gasteiger partial charge is 0.158 e. The van der Waals surface area contributed by atoms with Gasteiger partial charge in [0.2, 0.25) is 0 Å². The van der Waals surface area contributed by atoms with E-state index in [0.717, 1.165) is 5.69 Å². The molecule has 6 heteroatoms. The molecular formula is C9H8N6. The second kappa shape index (κ2) is 4.19. The second-order valence-electron chi connectivity index (χ2n) is 2.83. The third kappa shape index (κ3) is 2.28. The highest BCUT2D eigenvalue weighted by molar-refractivity contribution is 5.33. The van der Waals surface area contributed by atoms with Crippen LogP contribution in [0.15, 0.2) is 24.9 Å². The van der Waals surface area contributed by atoms with Crippen molar-refractivity contribution < 1.29 is 0 Å². The Balaban J connectivity index is 1.97. The molecule has 0 fully saturated rings. The minimum absolute atomic E-state index is 0.307. The molecule has 0 aliphatic heterocycles. The van der Waals surface area contributed by atoms with Crippen LogP contribution in [0.2, 0.25) is 0 Å². The van der Waals surface area contributed by atoms with Crippen molar-refractivity contribution in [3.05, 3.63) is 36.3 Å². The Kier molecular flexibility index (Phi) is 2.56. The van der Waals surface area contributed by atoms with E-state index in [0.29, 0.717) is 18.1 Å². The van der Waals surface area contributed by atoms with Crippen molar-refractivity contribution in [3.8, 4) is 6.07 Å². The van der Waals surface area contributed by atoms with Crippen molar-refractivity contribution in [1.29, 1.82) is 5.26 Å². The van der Waals surface area contributed by atoms with E-state index in [4.69, 9.17) is 5.26 Å². The molecule has 0 saturated carbocycles. The average molecular weight is 200 g/mol. The van der Waals surface area contributed by atoms with Gasteiger partial charge in [0.25, 0.3) is 0 Å². The minimum atomic E-state index is 0.307. The number of hydrogen-bond acceptors (Lipinski definition) is 5. The van der Waals surface area contributed by atoms with Crippen LogP contribution in [0.1, 0.15) is 11.4 Å². The zero-order valence-electron chi connectivity index (χ0n) is 7.81. The Morgan fingerprint density at radius 1 is 1.33 bits per heavy atom. The van der Waals surface area contributed by atoms with Gasteiger partial charge in [0, 0.05) is 6.20 Å². The Bertz CT molecular complexity index is 452. The number of aromatic amines is 1. The van der Waals surface area contributed by atoms with Crippen molar-refractivity contribution in [2.24, 2.45) is 0 Å². The van der Waals surface area contributed by atoms with Crippen molar-refractivity contribution >= 4 is 5.82 Å². The van der Waals surface area contributed by atoms with Gasteiger partial charge in [0.1, 0.15) is 11.9 Å². The van der Waals surface area contributed by atoms with Gasteiger partial charge in [-0.3, -0.25) is 0 Å². The summed E-state index contributed by atoms with van der Waals surface area (Å²) in [6.07, 6.45) is 6.29. The molecular weight excluding hydrogens is 192 g/mol. The number of rotatable bonds is 3. The lowest BCUT2D eigenvalue weighted by Crippen LogP contribution is -2.02. The molecule has 2 aromatic rings. The van der Waals surface area contributed by atoms with Gasteiger partial charge in [0.15, 0.2) is 5.69 Å². The van der Waals surface area contributed by atoms with Gasteiger partial charge in [-0.15, -0.1) is 0 Å². The highest BCUT2D eigenvalue weighted by Crippen LogP contribution is 2.02. The fraction of sp³-hybridized carbons (Fsp3) is 0.111. The lowest BCUT2D eigenvalue weighted by atomic mass is 10.4. The van der Waals surface area contributed by atoms with E-state index in [1.54, 1.807) is 12.5 Å². The molecule has 0 radical (unpaired) electrons. The number of aromatic nitrogens is 4. The lowest BCUT2D eigenvalue weighted by Gasteiger charge is -2.02. The molecule has 0 unspecified atom stereocenters. The summed E-state index contributed by atoms with van der Waals surface area (Å²) in [6, 6.07) is 1.91. The van der Waals surface area contributed by atoms with E-state index in [-0.39, 0.29) is 0 Å². The summed E-state index contributed by atoms with van der Waals surface area (Å²) in [4.78, 5) is 14.7. The predicted molar refractivity (Wildman–Crippen MR) is 52.7 cm³/mol. The first-order chi connectivity index (χ1) is 7.38. The highest BCUT2D eigenvalue weighted by Gasteiger charge is 1.97. The third-order valence-electron chi connectivity index (χ3n) is 1.78. The topological polar surface area (TPSA) is 90.3 Å². The Morgan fingerprint density at radius 2 is 2.27 bits per heavy atom. The van der Waals surface area contributed by atoms with Gasteiger partial charge in [-0.2, -0.15) is 5.26 Å². The molecule has 0 aliphatic rings.